The molecule has 0 aliphatic carbocycles. The molecule has 2 saturated heterocycles. The number of hydrogen-bond acceptors (Lipinski definition) is 3. The van der Waals surface area contributed by atoms with E-state index in [0.717, 1.165) is 31.4 Å². The highest BCUT2D eigenvalue weighted by molar-refractivity contribution is 5.17. The number of hydrogen-bond donors (Lipinski definition) is 1. The zero-order chi connectivity index (χ0) is 14.0. The molecule has 0 aromatic heterocycles. The number of rotatable bonds is 3. The molecule has 3 unspecified atom stereocenters. The SMILES string of the molecule is OC(Cc1cccc(F)c1)C1CCOC2(CCOC2)C1. The number of benzene rings is 1. The first-order chi connectivity index (χ1) is 9.67. The van der Waals surface area contributed by atoms with Crippen LogP contribution in [0.2, 0.25) is 0 Å². The molecule has 0 saturated carbocycles. The Labute approximate surface area is 118 Å². The Morgan fingerprint density at radius 3 is 3.05 bits per heavy atom. The zero-order valence-corrected chi connectivity index (χ0v) is 11.6. The molecule has 2 aliphatic rings. The summed E-state index contributed by atoms with van der Waals surface area (Å²) in [5.41, 5.74) is 0.659. The van der Waals surface area contributed by atoms with Crippen molar-refractivity contribution in [3.63, 3.8) is 0 Å². The second-order valence-corrected chi connectivity index (χ2v) is 5.99. The number of aliphatic hydroxyl groups excluding tert-OH is 1. The van der Waals surface area contributed by atoms with Crippen molar-refractivity contribution in [1.82, 2.24) is 0 Å². The van der Waals surface area contributed by atoms with Crippen LogP contribution in [0.4, 0.5) is 4.39 Å². The maximum Gasteiger partial charge on any atom is 0.123 e. The van der Waals surface area contributed by atoms with Gasteiger partial charge in [0.05, 0.1) is 18.3 Å². The lowest BCUT2D eigenvalue weighted by molar-refractivity contribution is -0.116. The summed E-state index contributed by atoms with van der Waals surface area (Å²) in [4.78, 5) is 0. The summed E-state index contributed by atoms with van der Waals surface area (Å²) >= 11 is 0. The fourth-order valence-electron chi connectivity index (χ4n) is 3.33. The molecule has 1 aromatic rings. The van der Waals surface area contributed by atoms with Crippen molar-refractivity contribution in [2.45, 2.75) is 37.4 Å². The van der Waals surface area contributed by atoms with E-state index in [4.69, 9.17) is 9.47 Å². The Balaban J connectivity index is 1.63. The van der Waals surface area contributed by atoms with Gasteiger partial charge in [0.25, 0.3) is 0 Å². The van der Waals surface area contributed by atoms with E-state index in [2.05, 4.69) is 0 Å². The van der Waals surface area contributed by atoms with Gasteiger partial charge in [-0.1, -0.05) is 12.1 Å². The molecule has 3 atom stereocenters. The van der Waals surface area contributed by atoms with Crippen LogP contribution in [-0.2, 0) is 15.9 Å². The Kier molecular flexibility index (Phi) is 4.06. The fourth-order valence-corrected chi connectivity index (χ4v) is 3.33. The van der Waals surface area contributed by atoms with Crippen LogP contribution in [0.25, 0.3) is 0 Å². The number of ether oxygens (including phenoxy) is 2. The first-order valence-electron chi connectivity index (χ1n) is 7.31. The van der Waals surface area contributed by atoms with Gasteiger partial charge in [-0.05, 0) is 42.9 Å². The summed E-state index contributed by atoms with van der Waals surface area (Å²) in [7, 11) is 0. The van der Waals surface area contributed by atoms with Gasteiger partial charge < -0.3 is 14.6 Å². The van der Waals surface area contributed by atoms with Gasteiger partial charge in [0.2, 0.25) is 0 Å². The van der Waals surface area contributed by atoms with E-state index < -0.39 is 6.10 Å². The van der Waals surface area contributed by atoms with Crippen LogP contribution in [0.3, 0.4) is 0 Å². The van der Waals surface area contributed by atoms with Gasteiger partial charge in [0, 0.05) is 19.6 Å². The third-order valence-electron chi connectivity index (χ3n) is 4.48. The molecule has 4 heteroatoms. The molecule has 2 heterocycles. The minimum atomic E-state index is -0.446. The van der Waals surface area contributed by atoms with Crippen LogP contribution < -0.4 is 0 Å². The number of aliphatic hydroxyl groups is 1. The molecule has 0 amide bonds. The van der Waals surface area contributed by atoms with Crippen LogP contribution in [0.5, 0.6) is 0 Å². The third kappa shape index (κ3) is 3.03. The van der Waals surface area contributed by atoms with E-state index in [1.54, 1.807) is 6.07 Å². The summed E-state index contributed by atoms with van der Waals surface area (Å²) < 4.78 is 24.5. The molecule has 1 N–H and O–H groups in total. The van der Waals surface area contributed by atoms with Crippen molar-refractivity contribution in [2.75, 3.05) is 19.8 Å². The van der Waals surface area contributed by atoms with Gasteiger partial charge >= 0.3 is 0 Å². The van der Waals surface area contributed by atoms with Crippen molar-refractivity contribution in [3.05, 3.63) is 35.6 Å². The van der Waals surface area contributed by atoms with Gasteiger partial charge in [-0.2, -0.15) is 0 Å². The second kappa shape index (κ2) is 5.80. The number of halogens is 1. The second-order valence-electron chi connectivity index (χ2n) is 5.99. The first-order valence-corrected chi connectivity index (χ1v) is 7.31. The summed E-state index contributed by atoms with van der Waals surface area (Å²) in [5.74, 6) is -0.0453. The Bertz CT molecular complexity index is 457. The van der Waals surface area contributed by atoms with E-state index in [-0.39, 0.29) is 17.3 Å². The highest BCUT2D eigenvalue weighted by Gasteiger charge is 2.42. The van der Waals surface area contributed by atoms with Crippen LogP contribution in [0.15, 0.2) is 24.3 Å². The van der Waals surface area contributed by atoms with E-state index in [1.165, 1.54) is 12.1 Å². The van der Waals surface area contributed by atoms with Gasteiger partial charge in [-0.15, -0.1) is 0 Å². The van der Waals surface area contributed by atoms with E-state index in [1.807, 2.05) is 6.07 Å². The Morgan fingerprint density at radius 1 is 1.40 bits per heavy atom. The lowest BCUT2D eigenvalue weighted by Gasteiger charge is -2.39. The maximum absolute atomic E-state index is 13.2. The van der Waals surface area contributed by atoms with Crippen molar-refractivity contribution >= 4 is 0 Å². The topological polar surface area (TPSA) is 38.7 Å². The minimum Gasteiger partial charge on any atom is -0.392 e. The van der Waals surface area contributed by atoms with Crippen LogP contribution >= 0.6 is 0 Å². The minimum absolute atomic E-state index is 0.189. The quantitative estimate of drug-likeness (QED) is 0.923. The summed E-state index contributed by atoms with van der Waals surface area (Å²) in [6.45, 7) is 2.05. The molecule has 2 fully saturated rings. The third-order valence-corrected chi connectivity index (χ3v) is 4.48. The molecule has 20 heavy (non-hydrogen) atoms. The molecular weight excluding hydrogens is 259 g/mol. The average Bonchev–Trinajstić information content (AvgIpc) is 2.87. The fraction of sp³-hybridized carbons (Fsp3) is 0.625. The molecule has 110 valence electrons. The van der Waals surface area contributed by atoms with Crippen LogP contribution in [-0.4, -0.2) is 36.6 Å². The lowest BCUT2D eigenvalue weighted by Crippen LogP contribution is -2.44. The molecule has 1 aromatic carbocycles. The highest BCUT2D eigenvalue weighted by atomic mass is 19.1. The molecule has 2 aliphatic heterocycles. The van der Waals surface area contributed by atoms with Crippen molar-refractivity contribution in [3.8, 4) is 0 Å². The van der Waals surface area contributed by atoms with E-state index in [0.29, 0.717) is 19.6 Å². The smallest absolute Gasteiger partial charge is 0.123 e. The molecular formula is C16H21FO3. The van der Waals surface area contributed by atoms with Crippen molar-refractivity contribution in [1.29, 1.82) is 0 Å². The lowest BCUT2D eigenvalue weighted by atomic mass is 9.80. The van der Waals surface area contributed by atoms with Gasteiger partial charge in [-0.25, -0.2) is 4.39 Å². The summed E-state index contributed by atoms with van der Waals surface area (Å²) in [5, 5.41) is 10.4. The predicted octanol–water partition coefficient (Wildman–Crippen LogP) is 2.31. The predicted molar refractivity (Wildman–Crippen MR) is 73.0 cm³/mol. The average molecular weight is 280 g/mol. The highest BCUT2D eigenvalue weighted by Crippen LogP contribution is 2.37. The Morgan fingerprint density at radius 2 is 2.30 bits per heavy atom. The van der Waals surface area contributed by atoms with Crippen LogP contribution in [0.1, 0.15) is 24.8 Å². The van der Waals surface area contributed by atoms with Crippen molar-refractivity contribution < 1.29 is 19.0 Å². The maximum atomic E-state index is 13.2. The first kappa shape index (κ1) is 14.0. The monoisotopic (exact) mass is 280 g/mol. The standard InChI is InChI=1S/C16H21FO3/c17-14-3-1-2-12(8-14)9-15(18)13-4-6-20-16(10-13)5-7-19-11-16/h1-3,8,13,15,18H,4-7,9-11H2. The summed E-state index contributed by atoms with van der Waals surface area (Å²) in [6.07, 6.45) is 2.66. The van der Waals surface area contributed by atoms with Gasteiger partial charge in [-0.3, -0.25) is 0 Å². The molecule has 3 nitrogen and oxygen atoms in total. The zero-order valence-electron chi connectivity index (χ0n) is 11.6. The normalized spacial score (nSPS) is 31.6. The van der Waals surface area contributed by atoms with Crippen molar-refractivity contribution in [2.24, 2.45) is 5.92 Å². The molecule has 1 spiro atoms. The largest absolute Gasteiger partial charge is 0.392 e. The molecule has 0 radical (unpaired) electrons. The molecule has 0 bridgehead atoms. The van der Waals surface area contributed by atoms with E-state index >= 15 is 0 Å². The van der Waals surface area contributed by atoms with E-state index in [9.17, 15) is 9.50 Å². The Hall–Kier alpha value is -0.970. The summed E-state index contributed by atoms with van der Waals surface area (Å²) in [6, 6.07) is 6.47. The van der Waals surface area contributed by atoms with Crippen LogP contribution in [0, 0.1) is 11.7 Å². The van der Waals surface area contributed by atoms with Gasteiger partial charge in [0.1, 0.15) is 5.82 Å². The molecule has 3 rings (SSSR count). The van der Waals surface area contributed by atoms with Gasteiger partial charge in [0.15, 0.2) is 0 Å².